The van der Waals surface area contributed by atoms with Crippen molar-refractivity contribution in [1.82, 2.24) is 0 Å². The van der Waals surface area contributed by atoms with E-state index < -0.39 is 0 Å². The fraction of sp³-hybridized carbons (Fsp3) is 0.0588. The van der Waals surface area contributed by atoms with Crippen LogP contribution in [0.5, 0.6) is 0 Å². The Morgan fingerprint density at radius 2 is 1.59 bits per heavy atom. The molecule has 0 saturated heterocycles. The predicted molar refractivity (Wildman–Crippen MR) is 73.5 cm³/mol. The fourth-order valence-electron chi connectivity index (χ4n) is 1.46. The van der Waals surface area contributed by atoms with Crippen molar-refractivity contribution in [3.8, 4) is 11.8 Å². The summed E-state index contributed by atoms with van der Waals surface area (Å²) in [6, 6.07) is 18.4. The highest BCUT2D eigenvalue weighted by molar-refractivity contribution is 5.53. The van der Waals surface area contributed by atoms with Crippen LogP contribution in [0, 0.1) is 18.8 Å². The van der Waals surface area contributed by atoms with Crippen LogP contribution in [0.15, 0.2) is 60.7 Å². The van der Waals surface area contributed by atoms with Gasteiger partial charge < -0.3 is 0 Å². The molecular weight excluding hydrogens is 204 g/mol. The van der Waals surface area contributed by atoms with E-state index in [-0.39, 0.29) is 0 Å². The highest BCUT2D eigenvalue weighted by Gasteiger charge is 1.84. The van der Waals surface area contributed by atoms with E-state index in [0.29, 0.717) is 0 Å². The summed E-state index contributed by atoms with van der Waals surface area (Å²) in [7, 11) is 0. The molecule has 0 heteroatoms. The Bertz CT molecular complexity index is 548. The summed E-state index contributed by atoms with van der Waals surface area (Å²) in [5, 5.41) is 0. The van der Waals surface area contributed by atoms with Gasteiger partial charge in [0.15, 0.2) is 0 Å². The first-order valence-corrected chi connectivity index (χ1v) is 5.64. The Morgan fingerprint density at radius 1 is 0.882 bits per heavy atom. The average molecular weight is 218 g/mol. The van der Waals surface area contributed by atoms with Crippen LogP contribution in [-0.4, -0.2) is 0 Å². The Kier molecular flexibility index (Phi) is 3.78. The zero-order valence-corrected chi connectivity index (χ0v) is 9.85. The quantitative estimate of drug-likeness (QED) is 0.633. The summed E-state index contributed by atoms with van der Waals surface area (Å²) in [5.74, 6) is 6.14. The van der Waals surface area contributed by atoms with Gasteiger partial charge >= 0.3 is 0 Å². The molecule has 0 aliphatic carbocycles. The Hall–Kier alpha value is -2.26. The van der Waals surface area contributed by atoms with Gasteiger partial charge in [0, 0.05) is 5.56 Å². The minimum atomic E-state index is 1.05. The third-order valence-electron chi connectivity index (χ3n) is 2.43. The molecule has 0 aromatic heterocycles. The van der Waals surface area contributed by atoms with Crippen molar-refractivity contribution in [2.45, 2.75) is 6.92 Å². The Labute approximate surface area is 103 Å². The van der Waals surface area contributed by atoms with Crippen LogP contribution in [0.3, 0.4) is 0 Å². The molecule has 0 bridgehead atoms. The van der Waals surface area contributed by atoms with Gasteiger partial charge in [0.25, 0.3) is 0 Å². The summed E-state index contributed by atoms with van der Waals surface area (Å²) in [4.78, 5) is 0. The number of benzene rings is 2. The van der Waals surface area contributed by atoms with Crippen LogP contribution >= 0.6 is 0 Å². The lowest BCUT2D eigenvalue weighted by atomic mass is 10.1. The van der Waals surface area contributed by atoms with Crippen molar-refractivity contribution in [3.63, 3.8) is 0 Å². The van der Waals surface area contributed by atoms with E-state index in [2.05, 4.69) is 43.0 Å². The van der Waals surface area contributed by atoms with Gasteiger partial charge in [-0.25, -0.2) is 0 Å². The molecule has 2 rings (SSSR count). The SMILES string of the molecule is Cc1ccc(C#C/C=C/c2ccccc2)cc1. The second-order valence-electron chi connectivity index (χ2n) is 3.88. The maximum absolute atomic E-state index is 3.11. The molecule has 2 aromatic carbocycles. The molecule has 0 N–H and O–H groups in total. The van der Waals surface area contributed by atoms with E-state index >= 15 is 0 Å². The first-order chi connectivity index (χ1) is 8.34. The van der Waals surface area contributed by atoms with Gasteiger partial charge in [0.05, 0.1) is 0 Å². The summed E-state index contributed by atoms with van der Waals surface area (Å²) in [6.07, 6.45) is 3.90. The van der Waals surface area contributed by atoms with Crippen LogP contribution in [0.25, 0.3) is 6.08 Å². The van der Waals surface area contributed by atoms with Crippen molar-refractivity contribution < 1.29 is 0 Å². The van der Waals surface area contributed by atoms with Gasteiger partial charge in [-0.2, -0.15) is 0 Å². The van der Waals surface area contributed by atoms with E-state index in [4.69, 9.17) is 0 Å². The molecule has 0 amide bonds. The first kappa shape index (κ1) is 11.2. The Morgan fingerprint density at radius 3 is 2.29 bits per heavy atom. The molecule has 0 spiro atoms. The number of hydrogen-bond acceptors (Lipinski definition) is 0. The van der Waals surface area contributed by atoms with Crippen molar-refractivity contribution in [2.75, 3.05) is 0 Å². The maximum atomic E-state index is 3.11. The zero-order chi connectivity index (χ0) is 11.9. The summed E-state index contributed by atoms with van der Waals surface area (Å²) in [6.45, 7) is 2.08. The molecule has 0 atom stereocenters. The summed E-state index contributed by atoms with van der Waals surface area (Å²) in [5.41, 5.74) is 3.48. The third kappa shape index (κ3) is 3.66. The minimum Gasteiger partial charge on any atom is -0.0696 e. The van der Waals surface area contributed by atoms with E-state index in [0.717, 1.165) is 5.56 Å². The number of allylic oxidation sites excluding steroid dienone is 1. The topological polar surface area (TPSA) is 0 Å². The van der Waals surface area contributed by atoms with Crippen molar-refractivity contribution >= 4 is 6.08 Å². The zero-order valence-electron chi connectivity index (χ0n) is 9.85. The molecule has 0 heterocycles. The molecule has 0 nitrogen and oxygen atoms in total. The van der Waals surface area contributed by atoms with Crippen molar-refractivity contribution in [1.29, 1.82) is 0 Å². The van der Waals surface area contributed by atoms with Gasteiger partial charge in [-0.3, -0.25) is 0 Å². The molecule has 82 valence electrons. The summed E-state index contributed by atoms with van der Waals surface area (Å²) < 4.78 is 0. The van der Waals surface area contributed by atoms with Gasteiger partial charge in [-0.05, 0) is 36.8 Å². The Balaban J connectivity index is 2.04. The van der Waals surface area contributed by atoms with E-state index in [1.54, 1.807) is 0 Å². The van der Waals surface area contributed by atoms with Gasteiger partial charge in [0.1, 0.15) is 0 Å². The molecule has 0 saturated carbocycles. The molecule has 0 fully saturated rings. The monoisotopic (exact) mass is 218 g/mol. The molecule has 2 aromatic rings. The van der Waals surface area contributed by atoms with Crippen LogP contribution < -0.4 is 0 Å². The van der Waals surface area contributed by atoms with E-state index in [1.807, 2.05) is 42.5 Å². The smallest absolute Gasteiger partial charge is 0.0249 e. The number of rotatable bonds is 1. The standard InChI is InChI=1S/C17H14/c1-15-11-13-17(14-12-15)10-6-5-9-16-7-3-2-4-8-16/h2-5,7-9,11-14H,1H3/b9-5+. The molecule has 0 unspecified atom stereocenters. The second kappa shape index (κ2) is 5.72. The summed E-state index contributed by atoms with van der Waals surface area (Å²) >= 11 is 0. The van der Waals surface area contributed by atoms with E-state index in [1.165, 1.54) is 11.1 Å². The van der Waals surface area contributed by atoms with Gasteiger partial charge in [-0.15, -0.1) is 0 Å². The fourth-order valence-corrected chi connectivity index (χ4v) is 1.46. The predicted octanol–water partition coefficient (Wildman–Crippen LogP) is 4.06. The van der Waals surface area contributed by atoms with Crippen molar-refractivity contribution in [2.24, 2.45) is 0 Å². The van der Waals surface area contributed by atoms with Crippen LogP contribution in [0.2, 0.25) is 0 Å². The lowest BCUT2D eigenvalue weighted by Gasteiger charge is -1.90. The average Bonchev–Trinajstić information content (AvgIpc) is 2.38. The van der Waals surface area contributed by atoms with Gasteiger partial charge in [-0.1, -0.05) is 59.9 Å². The normalized spacial score (nSPS) is 9.94. The molecule has 17 heavy (non-hydrogen) atoms. The number of aryl methyl sites for hydroxylation is 1. The van der Waals surface area contributed by atoms with E-state index in [9.17, 15) is 0 Å². The largest absolute Gasteiger partial charge is 0.0696 e. The molecule has 0 radical (unpaired) electrons. The van der Waals surface area contributed by atoms with Crippen molar-refractivity contribution in [3.05, 3.63) is 77.4 Å². The van der Waals surface area contributed by atoms with Crippen LogP contribution in [0.4, 0.5) is 0 Å². The lowest BCUT2D eigenvalue weighted by Crippen LogP contribution is -1.74. The first-order valence-electron chi connectivity index (χ1n) is 5.64. The van der Waals surface area contributed by atoms with Crippen LogP contribution in [-0.2, 0) is 0 Å². The molecular formula is C17H14. The minimum absolute atomic E-state index is 1.05. The second-order valence-corrected chi connectivity index (χ2v) is 3.88. The van der Waals surface area contributed by atoms with Crippen LogP contribution in [0.1, 0.15) is 16.7 Å². The third-order valence-corrected chi connectivity index (χ3v) is 2.43. The molecule has 0 aliphatic heterocycles. The van der Waals surface area contributed by atoms with Gasteiger partial charge in [0.2, 0.25) is 0 Å². The lowest BCUT2D eigenvalue weighted by molar-refractivity contribution is 1.46. The maximum Gasteiger partial charge on any atom is 0.0249 e. The molecule has 0 aliphatic rings. The highest BCUT2D eigenvalue weighted by Crippen LogP contribution is 2.02. The highest BCUT2D eigenvalue weighted by atomic mass is 13.9. The number of hydrogen-bond donors (Lipinski definition) is 0.